The van der Waals surface area contributed by atoms with Crippen molar-refractivity contribution in [2.24, 2.45) is 0 Å². The minimum atomic E-state index is 0.0658. The average molecular weight is 260 g/mol. The van der Waals surface area contributed by atoms with Crippen LogP contribution in [0.5, 0.6) is 0 Å². The molecule has 0 aromatic carbocycles. The van der Waals surface area contributed by atoms with Crippen molar-refractivity contribution < 1.29 is 4.74 Å². The Balaban J connectivity index is 1.78. The zero-order chi connectivity index (χ0) is 12.4. The first-order chi connectivity index (χ1) is 8.11. The van der Waals surface area contributed by atoms with E-state index >= 15 is 0 Å². The maximum absolute atomic E-state index is 6.29. The molecule has 0 bridgehead atoms. The lowest BCUT2D eigenvalue weighted by Crippen LogP contribution is -2.47. The molecule has 3 heteroatoms. The lowest BCUT2D eigenvalue weighted by Gasteiger charge is -2.30. The fourth-order valence-electron chi connectivity index (χ4n) is 3.05. The van der Waals surface area contributed by atoms with Crippen LogP contribution in [0, 0.1) is 0 Å². The van der Waals surface area contributed by atoms with Gasteiger partial charge in [-0.15, -0.1) is 11.6 Å². The van der Waals surface area contributed by atoms with Crippen molar-refractivity contribution in [2.45, 2.75) is 76.0 Å². The average Bonchev–Trinajstić information content (AvgIpc) is 2.97. The predicted molar refractivity (Wildman–Crippen MR) is 72.7 cm³/mol. The van der Waals surface area contributed by atoms with E-state index in [-0.39, 0.29) is 11.1 Å². The van der Waals surface area contributed by atoms with Crippen LogP contribution >= 0.6 is 11.6 Å². The second kappa shape index (κ2) is 5.46. The third-order valence-corrected chi connectivity index (χ3v) is 5.28. The summed E-state index contributed by atoms with van der Waals surface area (Å²) in [5.41, 5.74) is 0.326. The number of hydrogen-bond acceptors (Lipinski definition) is 2. The molecule has 0 amide bonds. The first-order valence-corrected chi connectivity index (χ1v) is 7.64. The van der Waals surface area contributed by atoms with E-state index < -0.39 is 0 Å². The second-order valence-electron chi connectivity index (χ2n) is 6.10. The first-order valence-electron chi connectivity index (χ1n) is 7.10. The van der Waals surface area contributed by atoms with Crippen LogP contribution in [-0.4, -0.2) is 29.7 Å². The normalized spacial score (nSPS) is 30.9. The molecule has 1 spiro atoms. The molecule has 1 aliphatic carbocycles. The van der Waals surface area contributed by atoms with Gasteiger partial charge in [0.05, 0.1) is 11.7 Å². The summed E-state index contributed by atoms with van der Waals surface area (Å²) in [7, 11) is 0. The third-order valence-electron chi connectivity index (χ3n) is 4.69. The smallest absolute Gasteiger partial charge is 0.0708 e. The summed E-state index contributed by atoms with van der Waals surface area (Å²) in [5, 5.41) is 3.59. The van der Waals surface area contributed by atoms with Crippen molar-refractivity contribution in [1.82, 2.24) is 5.32 Å². The largest absolute Gasteiger partial charge is 0.370 e. The van der Waals surface area contributed by atoms with Crippen LogP contribution in [0.3, 0.4) is 0 Å². The molecular weight excluding hydrogens is 234 g/mol. The molecule has 1 aliphatic heterocycles. The van der Waals surface area contributed by atoms with Crippen LogP contribution in [0.4, 0.5) is 0 Å². The lowest BCUT2D eigenvalue weighted by atomic mass is 9.98. The van der Waals surface area contributed by atoms with Crippen LogP contribution in [-0.2, 0) is 4.74 Å². The van der Waals surface area contributed by atoms with Crippen LogP contribution in [0.15, 0.2) is 0 Å². The molecule has 2 nitrogen and oxygen atoms in total. The van der Waals surface area contributed by atoms with Gasteiger partial charge >= 0.3 is 0 Å². The number of ether oxygens (including phenoxy) is 1. The molecule has 0 aromatic heterocycles. The van der Waals surface area contributed by atoms with Gasteiger partial charge in [-0.1, -0.05) is 19.8 Å². The minimum Gasteiger partial charge on any atom is -0.370 e. The van der Waals surface area contributed by atoms with Crippen molar-refractivity contribution in [2.75, 3.05) is 12.4 Å². The Kier molecular flexibility index (Phi) is 4.38. The van der Waals surface area contributed by atoms with Gasteiger partial charge in [-0.2, -0.15) is 0 Å². The Labute approximate surface area is 110 Å². The number of alkyl halides is 1. The molecule has 1 heterocycles. The standard InChI is InChI=1S/C14H26ClNO/c1-3-13(2,11-15)16-10-12-6-9-14(17-12)7-4-5-8-14/h12,16H,3-11H2,1-2H3. The molecule has 1 saturated carbocycles. The number of rotatable bonds is 5. The molecular formula is C14H26ClNO. The molecule has 2 aliphatic rings. The maximum atomic E-state index is 6.29. The van der Waals surface area contributed by atoms with Crippen LogP contribution in [0.2, 0.25) is 0 Å². The van der Waals surface area contributed by atoms with Crippen molar-refractivity contribution in [3.8, 4) is 0 Å². The fourth-order valence-corrected chi connectivity index (χ4v) is 3.34. The summed E-state index contributed by atoms with van der Waals surface area (Å²) in [6, 6.07) is 0. The highest BCUT2D eigenvalue weighted by molar-refractivity contribution is 6.18. The third kappa shape index (κ3) is 3.15. The van der Waals surface area contributed by atoms with Crippen LogP contribution in [0.1, 0.15) is 58.8 Å². The first kappa shape index (κ1) is 13.6. The fraction of sp³-hybridized carbons (Fsp3) is 1.00. The van der Waals surface area contributed by atoms with Crippen molar-refractivity contribution in [3.63, 3.8) is 0 Å². The van der Waals surface area contributed by atoms with Gasteiger partial charge in [-0.05, 0) is 39.0 Å². The summed E-state index contributed by atoms with van der Waals surface area (Å²) in [5.74, 6) is 0.668. The molecule has 17 heavy (non-hydrogen) atoms. The van der Waals surface area contributed by atoms with Gasteiger partial charge in [-0.3, -0.25) is 0 Å². The number of nitrogens with one attached hydrogen (secondary N) is 1. The summed E-state index contributed by atoms with van der Waals surface area (Å²) >= 11 is 6.01. The van der Waals surface area contributed by atoms with Gasteiger partial charge in [0.1, 0.15) is 0 Å². The second-order valence-corrected chi connectivity index (χ2v) is 6.36. The zero-order valence-electron chi connectivity index (χ0n) is 11.2. The lowest BCUT2D eigenvalue weighted by molar-refractivity contribution is -0.0370. The Hall–Kier alpha value is 0.210. The van der Waals surface area contributed by atoms with E-state index in [4.69, 9.17) is 16.3 Å². The molecule has 2 unspecified atom stereocenters. The van der Waals surface area contributed by atoms with E-state index in [9.17, 15) is 0 Å². The Bertz CT molecular complexity index is 247. The van der Waals surface area contributed by atoms with E-state index in [1.165, 1.54) is 38.5 Å². The highest BCUT2D eigenvalue weighted by atomic mass is 35.5. The molecule has 1 saturated heterocycles. The number of halogens is 1. The van der Waals surface area contributed by atoms with Gasteiger partial charge in [0.15, 0.2) is 0 Å². The molecule has 2 rings (SSSR count). The zero-order valence-corrected chi connectivity index (χ0v) is 12.0. The topological polar surface area (TPSA) is 21.3 Å². The minimum absolute atomic E-state index is 0.0658. The Morgan fingerprint density at radius 3 is 2.65 bits per heavy atom. The van der Waals surface area contributed by atoms with Crippen molar-refractivity contribution in [1.29, 1.82) is 0 Å². The molecule has 0 aromatic rings. The van der Waals surface area contributed by atoms with Crippen molar-refractivity contribution in [3.05, 3.63) is 0 Å². The Morgan fingerprint density at radius 1 is 1.35 bits per heavy atom. The van der Waals surface area contributed by atoms with E-state index in [1.54, 1.807) is 0 Å². The quantitative estimate of drug-likeness (QED) is 0.764. The summed E-state index contributed by atoms with van der Waals surface area (Å²) < 4.78 is 6.29. The van der Waals surface area contributed by atoms with E-state index in [0.717, 1.165) is 13.0 Å². The van der Waals surface area contributed by atoms with Crippen LogP contribution in [0.25, 0.3) is 0 Å². The van der Waals surface area contributed by atoms with E-state index in [0.29, 0.717) is 12.0 Å². The maximum Gasteiger partial charge on any atom is 0.0708 e. The SMILES string of the molecule is CCC(C)(CCl)NCC1CCC2(CCCC2)O1. The van der Waals surface area contributed by atoms with Gasteiger partial charge < -0.3 is 10.1 Å². The van der Waals surface area contributed by atoms with E-state index in [2.05, 4.69) is 19.2 Å². The monoisotopic (exact) mass is 259 g/mol. The van der Waals surface area contributed by atoms with Crippen molar-refractivity contribution >= 4 is 11.6 Å². The number of hydrogen-bond donors (Lipinski definition) is 1. The summed E-state index contributed by atoms with van der Waals surface area (Å²) in [6.45, 7) is 5.34. The molecule has 0 radical (unpaired) electrons. The Morgan fingerprint density at radius 2 is 2.06 bits per heavy atom. The molecule has 2 atom stereocenters. The highest BCUT2D eigenvalue weighted by Gasteiger charge is 2.42. The molecule has 2 fully saturated rings. The van der Waals surface area contributed by atoms with Gasteiger partial charge in [0, 0.05) is 18.0 Å². The van der Waals surface area contributed by atoms with E-state index in [1.807, 2.05) is 0 Å². The predicted octanol–water partition coefficient (Wildman–Crippen LogP) is 3.48. The van der Waals surface area contributed by atoms with Gasteiger partial charge in [0.2, 0.25) is 0 Å². The molecule has 1 N–H and O–H groups in total. The molecule has 100 valence electrons. The van der Waals surface area contributed by atoms with Crippen LogP contribution < -0.4 is 5.32 Å². The summed E-state index contributed by atoms with van der Waals surface area (Å²) in [6.07, 6.45) is 9.23. The van der Waals surface area contributed by atoms with Gasteiger partial charge in [0.25, 0.3) is 0 Å². The van der Waals surface area contributed by atoms with Gasteiger partial charge in [-0.25, -0.2) is 0 Å². The summed E-state index contributed by atoms with van der Waals surface area (Å²) in [4.78, 5) is 0. The highest BCUT2D eigenvalue weighted by Crippen LogP contribution is 2.43.